The summed E-state index contributed by atoms with van der Waals surface area (Å²) in [7, 11) is 0. The molecule has 1 saturated heterocycles. The third-order valence-corrected chi connectivity index (χ3v) is 5.15. The first-order chi connectivity index (χ1) is 13.3. The fraction of sp³-hybridized carbons (Fsp3) is 0.333. The van der Waals surface area contributed by atoms with Gasteiger partial charge in [0, 0.05) is 24.7 Å². The lowest BCUT2D eigenvalue weighted by Crippen LogP contribution is -2.46. The van der Waals surface area contributed by atoms with Crippen molar-refractivity contribution in [2.75, 3.05) is 13.1 Å². The van der Waals surface area contributed by atoms with Crippen LogP contribution in [-0.2, 0) is 0 Å². The van der Waals surface area contributed by atoms with E-state index in [4.69, 9.17) is 0 Å². The summed E-state index contributed by atoms with van der Waals surface area (Å²) >= 11 is 0. The molecule has 1 heterocycles. The monoisotopic (exact) mass is 390 g/mol. The molecule has 2 aromatic carbocycles. The van der Waals surface area contributed by atoms with Crippen LogP contribution in [0.3, 0.4) is 0 Å². The number of amides is 2. The Balaban J connectivity index is 1.59. The molecule has 4 nitrogen and oxygen atoms in total. The number of likely N-dealkylation sites (tertiary alicyclic amines) is 1. The van der Waals surface area contributed by atoms with Crippen LogP contribution in [0.5, 0.6) is 0 Å². The van der Waals surface area contributed by atoms with Crippen LogP contribution in [0.4, 0.5) is 13.2 Å². The molecule has 2 aromatic rings. The topological polar surface area (TPSA) is 49.4 Å². The third-order valence-electron chi connectivity index (χ3n) is 5.15. The van der Waals surface area contributed by atoms with Crippen molar-refractivity contribution >= 4 is 11.8 Å². The zero-order valence-corrected chi connectivity index (χ0v) is 15.7. The van der Waals surface area contributed by atoms with E-state index in [-0.39, 0.29) is 11.9 Å². The van der Waals surface area contributed by atoms with Gasteiger partial charge < -0.3 is 10.2 Å². The van der Waals surface area contributed by atoms with Gasteiger partial charge >= 0.3 is 0 Å². The van der Waals surface area contributed by atoms with E-state index in [0.29, 0.717) is 31.5 Å². The standard InChI is InChI=1S/C21H21F3N2O2/c1-12-3-4-14(11-13(12)2)21(28)26-9-7-15(8-10-26)25-20(27)16-5-6-17(22)19(24)18(16)23/h3-6,11,15H,7-10H2,1-2H3,(H,25,27). The van der Waals surface area contributed by atoms with Crippen LogP contribution in [-0.4, -0.2) is 35.8 Å². The number of nitrogens with one attached hydrogen (secondary N) is 1. The first-order valence-electron chi connectivity index (χ1n) is 9.09. The second-order valence-electron chi connectivity index (χ2n) is 7.06. The maximum absolute atomic E-state index is 13.8. The molecule has 148 valence electrons. The van der Waals surface area contributed by atoms with Crippen molar-refractivity contribution in [1.82, 2.24) is 10.2 Å². The molecule has 1 aliphatic heterocycles. The summed E-state index contributed by atoms with van der Waals surface area (Å²) in [6, 6.07) is 6.93. The average Bonchev–Trinajstić information content (AvgIpc) is 2.68. The van der Waals surface area contributed by atoms with Gasteiger partial charge in [-0.05, 0) is 62.1 Å². The Morgan fingerprint density at radius 3 is 2.29 bits per heavy atom. The number of carbonyl (C=O) groups is 2. The van der Waals surface area contributed by atoms with Crippen LogP contribution in [0.1, 0.15) is 44.7 Å². The Kier molecular flexibility index (Phi) is 5.72. The van der Waals surface area contributed by atoms with Gasteiger partial charge in [-0.3, -0.25) is 9.59 Å². The van der Waals surface area contributed by atoms with Gasteiger partial charge in [0.25, 0.3) is 11.8 Å². The predicted octanol–water partition coefficient (Wildman–Crippen LogP) is 3.76. The van der Waals surface area contributed by atoms with Gasteiger partial charge in [-0.1, -0.05) is 6.07 Å². The number of halogens is 3. The summed E-state index contributed by atoms with van der Waals surface area (Å²) in [5, 5.41) is 2.63. The number of carbonyl (C=O) groups excluding carboxylic acids is 2. The second-order valence-corrected chi connectivity index (χ2v) is 7.06. The lowest BCUT2D eigenvalue weighted by atomic mass is 10.0. The lowest BCUT2D eigenvalue weighted by Gasteiger charge is -2.32. The van der Waals surface area contributed by atoms with Crippen molar-refractivity contribution in [3.8, 4) is 0 Å². The van der Waals surface area contributed by atoms with Crippen molar-refractivity contribution in [2.45, 2.75) is 32.7 Å². The fourth-order valence-corrected chi connectivity index (χ4v) is 3.25. The molecule has 1 N–H and O–H groups in total. The number of aryl methyl sites for hydroxylation is 2. The highest BCUT2D eigenvalue weighted by atomic mass is 19.2. The minimum atomic E-state index is -1.67. The van der Waals surface area contributed by atoms with Gasteiger partial charge in [0.15, 0.2) is 17.5 Å². The number of hydrogen-bond acceptors (Lipinski definition) is 2. The van der Waals surface area contributed by atoms with E-state index in [1.165, 1.54) is 0 Å². The van der Waals surface area contributed by atoms with E-state index in [2.05, 4.69) is 5.32 Å². The molecule has 0 bridgehead atoms. The Hall–Kier alpha value is -2.83. The van der Waals surface area contributed by atoms with Gasteiger partial charge in [0.05, 0.1) is 5.56 Å². The molecule has 1 fully saturated rings. The largest absolute Gasteiger partial charge is 0.349 e. The highest BCUT2D eigenvalue weighted by Crippen LogP contribution is 2.19. The third kappa shape index (κ3) is 4.03. The fourth-order valence-electron chi connectivity index (χ4n) is 3.25. The molecule has 0 spiro atoms. The molecule has 7 heteroatoms. The lowest BCUT2D eigenvalue weighted by molar-refractivity contribution is 0.0697. The van der Waals surface area contributed by atoms with Gasteiger partial charge in [-0.15, -0.1) is 0 Å². The van der Waals surface area contributed by atoms with E-state index < -0.39 is 28.9 Å². The van der Waals surface area contributed by atoms with Crippen molar-refractivity contribution in [1.29, 1.82) is 0 Å². The normalized spacial score (nSPS) is 14.8. The maximum Gasteiger partial charge on any atom is 0.254 e. The first-order valence-corrected chi connectivity index (χ1v) is 9.09. The summed E-state index contributed by atoms with van der Waals surface area (Å²) in [5.74, 6) is -5.37. The highest BCUT2D eigenvalue weighted by Gasteiger charge is 2.26. The number of piperidine rings is 1. The Bertz CT molecular complexity index is 922. The van der Waals surface area contributed by atoms with Crippen molar-refractivity contribution < 1.29 is 22.8 Å². The molecule has 0 aromatic heterocycles. The smallest absolute Gasteiger partial charge is 0.254 e. The maximum atomic E-state index is 13.8. The second kappa shape index (κ2) is 8.04. The molecule has 2 amide bonds. The van der Waals surface area contributed by atoms with Crippen LogP contribution >= 0.6 is 0 Å². The first kappa shape index (κ1) is 19.9. The van der Waals surface area contributed by atoms with E-state index in [1.54, 1.807) is 11.0 Å². The average molecular weight is 390 g/mol. The molecule has 28 heavy (non-hydrogen) atoms. The van der Waals surface area contributed by atoms with E-state index >= 15 is 0 Å². The molecule has 0 unspecified atom stereocenters. The highest BCUT2D eigenvalue weighted by molar-refractivity contribution is 5.95. The minimum absolute atomic E-state index is 0.0699. The van der Waals surface area contributed by atoms with Crippen LogP contribution in [0.25, 0.3) is 0 Å². The molecule has 0 saturated carbocycles. The molecule has 0 atom stereocenters. The predicted molar refractivity (Wildman–Crippen MR) is 98.6 cm³/mol. The van der Waals surface area contributed by atoms with Crippen LogP contribution in [0.2, 0.25) is 0 Å². The van der Waals surface area contributed by atoms with Crippen molar-refractivity contribution in [3.05, 3.63) is 70.0 Å². The van der Waals surface area contributed by atoms with Crippen molar-refractivity contribution in [2.24, 2.45) is 0 Å². The number of hydrogen-bond donors (Lipinski definition) is 1. The van der Waals surface area contributed by atoms with E-state index in [0.717, 1.165) is 23.3 Å². The SMILES string of the molecule is Cc1ccc(C(=O)N2CCC(NC(=O)c3ccc(F)c(F)c3F)CC2)cc1C. The molecule has 1 aliphatic rings. The van der Waals surface area contributed by atoms with Gasteiger partial charge in [-0.2, -0.15) is 0 Å². The van der Waals surface area contributed by atoms with Crippen LogP contribution < -0.4 is 5.32 Å². The zero-order valence-electron chi connectivity index (χ0n) is 15.7. The number of rotatable bonds is 3. The molecular weight excluding hydrogens is 369 g/mol. The Morgan fingerprint density at radius 2 is 1.64 bits per heavy atom. The summed E-state index contributed by atoms with van der Waals surface area (Å²) in [6.07, 6.45) is 0.987. The molecular formula is C21H21F3N2O2. The van der Waals surface area contributed by atoms with Gasteiger partial charge in [-0.25, -0.2) is 13.2 Å². The van der Waals surface area contributed by atoms with Crippen LogP contribution in [0.15, 0.2) is 30.3 Å². The van der Waals surface area contributed by atoms with Crippen molar-refractivity contribution in [3.63, 3.8) is 0 Å². The van der Waals surface area contributed by atoms with E-state index in [9.17, 15) is 22.8 Å². The molecule has 3 rings (SSSR count). The summed E-state index contributed by atoms with van der Waals surface area (Å²) < 4.78 is 40.1. The number of nitrogens with zero attached hydrogens (tertiary/aromatic N) is 1. The van der Waals surface area contributed by atoms with E-state index in [1.807, 2.05) is 26.0 Å². The Morgan fingerprint density at radius 1 is 0.964 bits per heavy atom. The van der Waals surface area contributed by atoms with Crippen LogP contribution in [0, 0.1) is 31.3 Å². The Labute approximate surface area is 161 Å². The van der Waals surface area contributed by atoms with Gasteiger partial charge in [0.1, 0.15) is 0 Å². The summed E-state index contributed by atoms with van der Waals surface area (Å²) in [4.78, 5) is 26.5. The molecule has 0 radical (unpaired) electrons. The minimum Gasteiger partial charge on any atom is -0.349 e. The quantitative estimate of drug-likeness (QED) is 0.812. The summed E-state index contributed by atoms with van der Waals surface area (Å²) in [6.45, 7) is 4.81. The van der Waals surface area contributed by atoms with Gasteiger partial charge in [0.2, 0.25) is 0 Å². The summed E-state index contributed by atoms with van der Waals surface area (Å²) in [5.41, 5.74) is 2.24. The molecule has 0 aliphatic carbocycles. The number of benzene rings is 2. The zero-order chi connectivity index (χ0) is 20.4.